The standard InChI is InChI=1S/C10H7NO4S/c12-8-7(16-10(15)11-8)5-1-3-6(4-2-5)9(13)14/h1-4,7H,(H,13,14)(H,11,12,15). The Kier molecular flexibility index (Phi) is 2.66. The Balaban J connectivity index is 2.25. The zero-order valence-electron chi connectivity index (χ0n) is 7.97. The van der Waals surface area contributed by atoms with Crippen LogP contribution in [0.15, 0.2) is 24.3 Å². The number of imide groups is 1. The van der Waals surface area contributed by atoms with Crippen molar-refractivity contribution in [3.63, 3.8) is 0 Å². The van der Waals surface area contributed by atoms with Gasteiger partial charge in [-0.05, 0) is 29.5 Å². The molecule has 0 bridgehead atoms. The number of aromatic carboxylic acids is 1. The van der Waals surface area contributed by atoms with E-state index in [2.05, 4.69) is 5.32 Å². The Bertz CT molecular complexity index is 468. The molecule has 82 valence electrons. The molecule has 0 radical (unpaired) electrons. The Hall–Kier alpha value is -1.82. The summed E-state index contributed by atoms with van der Waals surface area (Å²) in [7, 11) is 0. The number of rotatable bonds is 2. The molecule has 0 saturated carbocycles. The smallest absolute Gasteiger partial charge is 0.335 e. The Morgan fingerprint density at radius 1 is 1.25 bits per heavy atom. The third-order valence-electron chi connectivity index (χ3n) is 2.15. The molecular formula is C10H7NO4S. The van der Waals surface area contributed by atoms with Crippen LogP contribution in [0.2, 0.25) is 0 Å². The molecule has 1 aliphatic rings. The van der Waals surface area contributed by atoms with Crippen molar-refractivity contribution >= 4 is 28.9 Å². The second-order valence-electron chi connectivity index (χ2n) is 3.20. The van der Waals surface area contributed by atoms with E-state index in [4.69, 9.17) is 5.11 Å². The van der Waals surface area contributed by atoms with Crippen molar-refractivity contribution in [3.05, 3.63) is 35.4 Å². The van der Waals surface area contributed by atoms with Crippen LogP contribution < -0.4 is 5.32 Å². The highest BCUT2D eigenvalue weighted by atomic mass is 32.2. The first-order chi connectivity index (χ1) is 7.58. The quantitative estimate of drug-likeness (QED) is 0.812. The average molecular weight is 237 g/mol. The van der Waals surface area contributed by atoms with Gasteiger partial charge in [0.05, 0.1) is 5.56 Å². The summed E-state index contributed by atoms with van der Waals surface area (Å²) in [4.78, 5) is 32.9. The monoisotopic (exact) mass is 237 g/mol. The molecule has 0 aliphatic carbocycles. The highest BCUT2D eigenvalue weighted by Gasteiger charge is 2.32. The topological polar surface area (TPSA) is 83.5 Å². The Labute approximate surface area is 94.8 Å². The first-order valence-electron chi connectivity index (χ1n) is 4.42. The van der Waals surface area contributed by atoms with Crippen LogP contribution in [0.25, 0.3) is 0 Å². The maximum absolute atomic E-state index is 11.3. The number of amides is 2. The number of nitrogens with one attached hydrogen (secondary N) is 1. The Morgan fingerprint density at radius 3 is 2.31 bits per heavy atom. The first-order valence-corrected chi connectivity index (χ1v) is 5.30. The number of hydrogen-bond donors (Lipinski definition) is 2. The van der Waals surface area contributed by atoms with Gasteiger partial charge in [0, 0.05) is 0 Å². The summed E-state index contributed by atoms with van der Waals surface area (Å²) in [5.74, 6) is -1.38. The lowest BCUT2D eigenvalue weighted by atomic mass is 10.1. The average Bonchev–Trinajstić information content (AvgIpc) is 2.58. The van der Waals surface area contributed by atoms with E-state index in [1.165, 1.54) is 12.1 Å². The normalized spacial score (nSPS) is 19.6. The van der Waals surface area contributed by atoms with Crippen molar-refractivity contribution in [1.82, 2.24) is 5.32 Å². The highest BCUT2D eigenvalue weighted by Crippen LogP contribution is 2.33. The number of carboxylic acid groups (broad SMARTS) is 1. The molecule has 1 heterocycles. The predicted molar refractivity (Wildman–Crippen MR) is 57.3 cm³/mol. The lowest BCUT2D eigenvalue weighted by Gasteiger charge is -2.05. The van der Waals surface area contributed by atoms with Crippen LogP contribution in [0.1, 0.15) is 21.2 Å². The molecule has 6 heteroatoms. The molecular weight excluding hydrogens is 230 g/mol. The second-order valence-corrected chi connectivity index (χ2v) is 4.28. The molecule has 5 nitrogen and oxygen atoms in total. The molecule has 0 spiro atoms. The molecule has 1 atom stereocenters. The van der Waals surface area contributed by atoms with E-state index in [-0.39, 0.29) is 16.7 Å². The van der Waals surface area contributed by atoms with Crippen LogP contribution in [-0.4, -0.2) is 22.2 Å². The van der Waals surface area contributed by atoms with Crippen LogP contribution in [0.5, 0.6) is 0 Å². The number of hydrogen-bond acceptors (Lipinski definition) is 4. The van der Waals surface area contributed by atoms with Gasteiger partial charge in [-0.2, -0.15) is 0 Å². The summed E-state index contributed by atoms with van der Waals surface area (Å²) in [6, 6.07) is 5.90. The number of carbonyl (C=O) groups excluding carboxylic acids is 2. The minimum Gasteiger partial charge on any atom is -0.478 e. The maximum atomic E-state index is 11.3. The maximum Gasteiger partial charge on any atom is 0.335 e. The predicted octanol–water partition coefficient (Wildman–Crippen LogP) is 1.41. The largest absolute Gasteiger partial charge is 0.478 e. The Morgan fingerprint density at radius 2 is 1.88 bits per heavy atom. The van der Waals surface area contributed by atoms with Crippen LogP contribution >= 0.6 is 11.8 Å². The van der Waals surface area contributed by atoms with Gasteiger partial charge in [-0.3, -0.25) is 14.9 Å². The van der Waals surface area contributed by atoms with Crippen LogP contribution in [0.3, 0.4) is 0 Å². The fourth-order valence-corrected chi connectivity index (χ4v) is 2.21. The van der Waals surface area contributed by atoms with E-state index >= 15 is 0 Å². The van der Waals surface area contributed by atoms with E-state index in [9.17, 15) is 14.4 Å². The molecule has 0 aromatic heterocycles. The van der Waals surface area contributed by atoms with Gasteiger partial charge in [0.15, 0.2) is 0 Å². The molecule has 2 amide bonds. The lowest BCUT2D eigenvalue weighted by molar-refractivity contribution is -0.119. The van der Waals surface area contributed by atoms with E-state index in [1.807, 2.05) is 0 Å². The van der Waals surface area contributed by atoms with Crippen molar-refractivity contribution in [2.45, 2.75) is 5.25 Å². The van der Waals surface area contributed by atoms with Crippen molar-refractivity contribution < 1.29 is 19.5 Å². The summed E-state index contributed by atoms with van der Waals surface area (Å²) < 4.78 is 0. The zero-order chi connectivity index (χ0) is 11.7. The number of thioether (sulfide) groups is 1. The minimum atomic E-state index is -1.02. The number of benzene rings is 1. The molecule has 1 saturated heterocycles. The van der Waals surface area contributed by atoms with E-state index < -0.39 is 11.2 Å². The first kappa shape index (κ1) is 10.7. The van der Waals surface area contributed by atoms with Crippen molar-refractivity contribution in [2.75, 3.05) is 0 Å². The van der Waals surface area contributed by atoms with Crippen molar-refractivity contribution in [3.8, 4) is 0 Å². The van der Waals surface area contributed by atoms with Crippen LogP contribution in [0.4, 0.5) is 4.79 Å². The highest BCUT2D eigenvalue weighted by molar-refractivity contribution is 8.15. The van der Waals surface area contributed by atoms with E-state index in [1.54, 1.807) is 12.1 Å². The third kappa shape index (κ3) is 1.92. The van der Waals surface area contributed by atoms with Crippen molar-refractivity contribution in [1.29, 1.82) is 0 Å². The molecule has 1 aromatic carbocycles. The van der Waals surface area contributed by atoms with Gasteiger partial charge in [0.1, 0.15) is 5.25 Å². The number of carbonyl (C=O) groups is 3. The van der Waals surface area contributed by atoms with Crippen LogP contribution in [-0.2, 0) is 4.79 Å². The molecule has 1 fully saturated rings. The summed E-state index contributed by atoms with van der Waals surface area (Å²) in [5.41, 5.74) is 0.775. The van der Waals surface area contributed by atoms with Gasteiger partial charge >= 0.3 is 5.97 Å². The van der Waals surface area contributed by atoms with Gasteiger partial charge in [0.25, 0.3) is 5.24 Å². The summed E-state index contributed by atoms with van der Waals surface area (Å²) in [6.45, 7) is 0. The van der Waals surface area contributed by atoms with Crippen molar-refractivity contribution in [2.24, 2.45) is 0 Å². The van der Waals surface area contributed by atoms with Gasteiger partial charge in [-0.25, -0.2) is 4.79 Å². The fourth-order valence-electron chi connectivity index (χ4n) is 1.38. The second kappa shape index (κ2) is 3.97. The third-order valence-corrected chi connectivity index (χ3v) is 3.19. The summed E-state index contributed by atoms with van der Waals surface area (Å²) >= 11 is 0.894. The molecule has 1 unspecified atom stereocenters. The fraction of sp³-hybridized carbons (Fsp3) is 0.100. The lowest BCUT2D eigenvalue weighted by Crippen LogP contribution is -2.20. The molecule has 1 aliphatic heterocycles. The van der Waals surface area contributed by atoms with Gasteiger partial charge in [0.2, 0.25) is 5.91 Å². The van der Waals surface area contributed by atoms with E-state index in [0.29, 0.717) is 5.56 Å². The zero-order valence-corrected chi connectivity index (χ0v) is 8.78. The SMILES string of the molecule is O=C1NC(=O)C(c2ccc(C(=O)O)cc2)S1. The molecule has 16 heavy (non-hydrogen) atoms. The van der Waals surface area contributed by atoms with Gasteiger partial charge in [-0.1, -0.05) is 12.1 Å². The van der Waals surface area contributed by atoms with E-state index in [0.717, 1.165) is 11.8 Å². The van der Waals surface area contributed by atoms with Crippen LogP contribution in [0, 0.1) is 0 Å². The van der Waals surface area contributed by atoms with Gasteiger partial charge < -0.3 is 5.11 Å². The molecule has 1 aromatic rings. The molecule has 2 N–H and O–H groups in total. The van der Waals surface area contributed by atoms with Gasteiger partial charge in [-0.15, -0.1) is 0 Å². The minimum absolute atomic E-state index is 0.151. The summed E-state index contributed by atoms with van der Waals surface area (Å²) in [6.07, 6.45) is 0. The number of carboxylic acids is 1. The molecule has 2 rings (SSSR count). The summed E-state index contributed by atoms with van der Waals surface area (Å²) in [5, 5.41) is 9.92.